The van der Waals surface area contributed by atoms with E-state index in [1.165, 1.54) is 0 Å². The van der Waals surface area contributed by atoms with Gasteiger partial charge in [0, 0.05) is 10.2 Å². The molecule has 0 N–H and O–H groups in total. The van der Waals surface area contributed by atoms with Crippen molar-refractivity contribution < 1.29 is 8.42 Å². The molecule has 0 spiro atoms. The molecule has 0 fully saturated rings. The van der Waals surface area contributed by atoms with Gasteiger partial charge < -0.3 is 0 Å². The van der Waals surface area contributed by atoms with Crippen molar-refractivity contribution >= 4 is 25.8 Å². The number of rotatable bonds is 3. The zero-order chi connectivity index (χ0) is 9.90. The molecule has 0 saturated carbocycles. The lowest BCUT2D eigenvalue weighted by molar-refractivity contribution is 0.596. The van der Waals surface area contributed by atoms with Crippen molar-refractivity contribution in [1.82, 2.24) is 0 Å². The van der Waals surface area contributed by atoms with Crippen molar-refractivity contribution in [3.63, 3.8) is 0 Å². The average molecular weight is 262 g/mol. The van der Waals surface area contributed by atoms with E-state index in [0.717, 1.165) is 10.0 Å². The molecule has 0 atom stereocenters. The van der Waals surface area contributed by atoms with Crippen LogP contribution in [0.15, 0.2) is 22.7 Å². The molecule has 2 nitrogen and oxygen atoms in total. The van der Waals surface area contributed by atoms with Crippen LogP contribution < -0.4 is 0 Å². The van der Waals surface area contributed by atoms with E-state index in [0.29, 0.717) is 0 Å². The van der Waals surface area contributed by atoms with E-state index in [4.69, 9.17) is 0 Å². The normalized spacial score (nSPS) is 11.5. The van der Waals surface area contributed by atoms with Gasteiger partial charge in [-0.3, -0.25) is 0 Å². The summed E-state index contributed by atoms with van der Waals surface area (Å²) in [5.41, 5.74) is 0.799. The molecular weight excluding hydrogens is 252 g/mol. The fourth-order valence-corrected chi connectivity index (χ4v) is 2.24. The summed E-state index contributed by atoms with van der Waals surface area (Å²) in [5, 5.41) is 0. The molecule has 0 bridgehead atoms. The Balaban J connectivity index is 2.87. The summed E-state index contributed by atoms with van der Waals surface area (Å²) in [4.78, 5) is 0. The highest BCUT2D eigenvalue weighted by molar-refractivity contribution is 9.10. The predicted octanol–water partition coefficient (Wildman–Crippen LogP) is 2.18. The first-order valence-corrected chi connectivity index (χ1v) is 6.51. The van der Waals surface area contributed by atoms with Gasteiger partial charge in [-0.05, 0) is 17.7 Å². The lowest BCUT2D eigenvalue weighted by Crippen LogP contribution is -2.06. The van der Waals surface area contributed by atoms with Crippen LogP contribution >= 0.6 is 15.9 Å². The molecule has 71 valence electrons. The van der Waals surface area contributed by atoms with Crippen LogP contribution in [0.2, 0.25) is 0 Å². The van der Waals surface area contributed by atoms with Gasteiger partial charge in [0.25, 0.3) is 0 Å². The molecule has 0 aliphatic carbocycles. The molecule has 0 saturated heterocycles. The molecule has 0 aliphatic heterocycles. The van der Waals surface area contributed by atoms with Crippen molar-refractivity contribution in [1.29, 1.82) is 0 Å². The van der Waals surface area contributed by atoms with Gasteiger partial charge in [-0.25, -0.2) is 8.42 Å². The van der Waals surface area contributed by atoms with Crippen LogP contribution in [0.25, 0.3) is 0 Å². The van der Waals surface area contributed by atoms with Crippen LogP contribution in [0.3, 0.4) is 0 Å². The molecule has 1 rings (SSSR count). The number of halogens is 1. The summed E-state index contributed by atoms with van der Waals surface area (Å²) in [6.07, 6.45) is 0. The minimum atomic E-state index is -2.92. The molecule has 0 heterocycles. The molecule has 1 aromatic carbocycles. The minimum Gasteiger partial charge on any atom is -0.229 e. The highest BCUT2D eigenvalue weighted by Gasteiger charge is 2.08. The number of hydrogen-bond acceptors (Lipinski definition) is 2. The summed E-state index contributed by atoms with van der Waals surface area (Å²) in [6, 6.07) is 8.14. The summed E-state index contributed by atoms with van der Waals surface area (Å²) in [7, 11) is -2.92. The van der Waals surface area contributed by atoms with Gasteiger partial charge in [0.15, 0.2) is 9.84 Å². The van der Waals surface area contributed by atoms with Crippen LogP contribution in [0.5, 0.6) is 0 Å². The van der Waals surface area contributed by atoms with Crippen LogP contribution in [-0.2, 0) is 15.6 Å². The van der Waals surface area contributed by atoms with Crippen LogP contribution in [0.4, 0.5) is 0 Å². The second-order valence-electron chi connectivity index (χ2n) is 2.72. The van der Waals surface area contributed by atoms with Crippen LogP contribution in [0.1, 0.15) is 12.5 Å². The van der Waals surface area contributed by atoms with E-state index < -0.39 is 9.84 Å². The summed E-state index contributed by atoms with van der Waals surface area (Å²) in [6.45, 7) is 1.65. The molecule has 0 aromatic heterocycles. The Bertz CT molecular complexity index is 384. The summed E-state index contributed by atoms with van der Waals surface area (Å²) < 4.78 is 23.3. The maximum Gasteiger partial charge on any atom is 0.154 e. The molecule has 4 heteroatoms. The van der Waals surface area contributed by atoms with E-state index in [-0.39, 0.29) is 11.5 Å². The van der Waals surface area contributed by atoms with Gasteiger partial charge in [-0.1, -0.05) is 35.0 Å². The zero-order valence-corrected chi connectivity index (χ0v) is 9.65. The minimum absolute atomic E-state index is 0.108. The molecule has 1 aromatic rings. The van der Waals surface area contributed by atoms with Gasteiger partial charge in [-0.2, -0.15) is 0 Å². The first-order valence-electron chi connectivity index (χ1n) is 3.90. The Morgan fingerprint density at radius 2 is 2.23 bits per heavy atom. The van der Waals surface area contributed by atoms with E-state index in [1.54, 1.807) is 25.1 Å². The highest BCUT2D eigenvalue weighted by atomic mass is 79.9. The third-order valence-corrected chi connectivity index (χ3v) is 3.77. The van der Waals surface area contributed by atoms with Gasteiger partial charge in [0.05, 0.1) is 5.75 Å². The van der Waals surface area contributed by atoms with E-state index in [9.17, 15) is 8.42 Å². The van der Waals surface area contributed by atoms with E-state index in [2.05, 4.69) is 22.0 Å². The Hall–Kier alpha value is -0.350. The Morgan fingerprint density at radius 1 is 1.54 bits per heavy atom. The van der Waals surface area contributed by atoms with Crippen LogP contribution in [0, 0.1) is 6.07 Å². The Kier molecular flexibility index (Phi) is 3.50. The van der Waals surface area contributed by atoms with Gasteiger partial charge >= 0.3 is 0 Å². The monoisotopic (exact) mass is 261 g/mol. The lowest BCUT2D eigenvalue weighted by Gasteiger charge is -2.01. The zero-order valence-electron chi connectivity index (χ0n) is 7.25. The number of hydrogen-bond donors (Lipinski definition) is 0. The molecular formula is C9H10BrO2S. The standard InChI is InChI=1S/C9H10BrO2S/c1-2-13(11,12)7-8-4-3-5-9(10)6-8/h3-4,6H,2,7H2,1H3. The van der Waals surface area contributed by atoms with Crippen LogP contribution in [-0.4, -0.2) is 14.2 Å². The molecule has 0 unspecified atom stereocenters. The maximum absolute atomic E-state index is 11.3. The number of benzene rings is 1. The number of sulfone groups is 1. The van der Waals surface area contributed by atoms with E-state index in [1.807, 2.05) is 0 Å². The first kappa shape index (κ1) is 10.7. The molecule has 1 radical (unpaired) electrons. The van der Waals surface area contributed by atoms with Crippen molar-refractivity contribution in [2.24, 2.45) is 0 Å². The fraction of sp³-hybridized carbons (Fsp3) is 0.333. The van der Waals surface area contributed by atoms with Crippen molar-refractivity contribution in [2.75, 3.05) is 5.75 Å². The molecule has 0 amide bonds. The third-order valence-electron chi connectivity index (χ3n) is 1.66. The Morgan fingerprint density at radius 3 is 2.77 bits per heavy atom. The quantitative estimate of drug-likeness (QED) is 0.836. The van der Waals surface area contributed by atoms with Crippen molar-refractivity contribution in [3.05, 3.63) is 34.3 Å². The molecule has 13 heavy (non-hydrogen) atoms. The third kappa shape index (κ3) is 3.48. The second-order valence-corrected chi connectivity index (χ2v) is 5.93. The second kappa shape index (κ2) is 4.24. The predicted molar refractivity (Wildman–Crippen MR) is 56.1 cm³/mol. The fourth-order valence-electron chi connectivity index (χ4n) is 0.927. The summed E-state index contributed by atoms with van der Waals surface area (Å²) in [5.74, 6) is 0.292. The van der Waals surface area contributed by atoms with E-state index >= 15 is 0 Å². The average Bonchev–Trinajstić information content (AvgIpc) is 2.03. The largest absolute Gasteiger partial charge is 0.229 e. The van der Waals surface area contributed by atoms with Gasteiger partial charge in [0.2, 0.25) is 0 Å². The Labute approximate surface area is 87.0 Å². The SMILES string of the molecule is CCS(=O)(=O)Cc1cc[c]c(Br)c1. The first-order chi connectivity index (χ1) is 6.03. The lowest BCUT2D eigenvalue weighted by atomic mass is 10.2. The smallest absolute Gasteiger partial charge is 0.154 e. The highest BCUT2D eigenvalue weighted by Crippen LogP contribution is 2.13. The summed E-state index contributed by atoms with van der Waals surface area (Å²) >= 11 is 3.24. The maximum atomic E-state index is 11.3. The van der Waals surface area contributed by atoms with Crippen molar-refractivity contribution in [2.45, 2.75) is 12.7 Å². The topological polar surface area (TPSA) is 34.1 Å². The van der Waals surface area contributed by atoms with Crippen molar-refractivity contribution in [3.8, 4) is 0 Å². The van der Waals surface area contributed by atoms with Gasteiger partial charge in [-0.15, -0.1) is 0 Å². The van der Waals surface area contributed by atoms with Gasteiger partial charge in [0.1, 0.15) is 0 Å². The molecule has 0 aliphatic rings.